The molecular weight excluding hydrogens is 324 g/mol. The van der Waals surface area contributed by atoms with E-state index in [9.17, 15) is 9.90 Å². The Hall–Kier alpha value is -1.75. The van der Waals surface area contributed by atoms with Gasteiger partial charge in [0.1, 0.15) is 11.2 Å². The molecule has 1 aliphatic carbocycles. The van der Waals surface area contributed by atoms with Crippen molar-refractivity contribution in [2.75, 3.05) is 0 Å². The quantitative estimate of drug-likeness (QED) is 0.768. The minimum Gasteiger partial charge on any atom is -0.481 e. The zero-order valence-electron chi connectivity index (χ0n) is 10.5. The first-order valence-electron chi connectivity index (χ1n) is 6.40. The molecule has 0 spiro atoms. The molecule has 2 heterocycles. The van der Waals surface area contributed by atoms with Gasteiger partial charge in [-0.2, -0.15) is 0 Å². The number of carboxylic acids is 1. The van der Waals surface area contributed by atoms with Crippen molar-refractivity contribution < 1.29 is 18.7 Å². The summed E-state index contributed by atoms with van der Waals surface area (Å²) in [7, 11) is 0. The molecular formula is C15H11BrO4. The Bertz CT molecular complexity index is 786. The second kappa shape index (κ2) is 3.88. The van der Waals surface area contributed by atoms with E-state index in [1.807, 2.05) is 12.1 Å². The van der Waals surface area contributed by atoms with Crippen LogP contribution in [-0.2, 0) is 10.2 Å². The molecule has 0 unspecified atom stereocenters. The van der Waals surface area contributed by atoms with Crippen LogP contribution in [0.3, 0.4) is 0 Å². The van der Waals surface area contributed by atoms with Gasteiger partial charge in [0.05, 0.1) is 23.4 Å². The number of fused-ring (bicyclic) bond motifs is 2. The lowest BCUT2D eigenvalue weighted by Gasteiger charge is -2.15. The third kappa shape index (κ3) is 1.50. The number of carboxylic acid groups (broad SMARTS) is 1. The first kappa shape index (κ1) is 12.0. The van der Waals surface area contributed by atoms with Crippen LogP contribution in [-0.4, -0.2) is 11.1 Å². The van der Waals surface area contributed by atoms with E-state index in [2.05, 4.69) is 15.9 Å². The largest absolute Gasteiger partial charge is 0.481 e. The van der Waals surface area contributed by atoms with Gasteiger partial charge >= 0.3 is 5.97 Å². The van der Waals surface area contributed by atoms with Crippen molar-refractivity contribution in [2.24, 2.45) is 0 Å². The molecule has 1 aliphatic rings. The molecule has 0 aliphatic heterocycles. The van der Waals surface area contributed by atoms with E-state index >= 15 is 0 Å². The fourth-order valence-corrected chi connectivity index (χ4v) is 3.70. The predicted octanol–water partition coefficient (Wildman–Crippen LogP) is 4.45. The van der Waals surface area contributed by atoms with Gasteiger partial charge in [-0.05, 0) is 40.9 Å². The first-order chi connectivity index (χ1) is 9.62. The molecule has 20 heavy (non-hydrogen) atoms. The van der Waals surface area contributed by atoms with Crippen LogP contribution in [0, 0.1) is 0 Å². The number of halogens is 1. The van der Waals surface area contributed by atoms with Gasteiger partial charge in [-0.1, -0.05) is 0 Å². The van der Waals surface area contributed by atoms with Crippen molar-refractivity contribution in [2.45, 2.75) is 24.7 Å². The summed E-state index contributed by atoms with van der Waals surface area (Å²) in [5, 5.41) is 11.1. The molecule has 3 aromatic rings. The molecule has 102 valence electrons. The van der Waals surface area contributed by atoms with Crippen LogP contribution >= 0.6 is 15.9 Å². The second-order valence-corrected chi connectivity index (χ2v) is 6.16. The van der Waals surface area contributed by atoms with Crippen molar-refractivity contribution in [3.8, 4) is 0 Å². The van der Waals surface area contributed by atoms with E-state index in [0.29, 0.717) is 0 Å². The maximum atomic E-state index is 11.2. The summed E-state index contributed by atoms with van der Waals surface area (Å²) in [6.45, 7) is 0. The number of benzene rings is 1. The van der Waals surface area contributed by atoms with Gasteiger partial charge in [0.25, 0.3) is 0 Å². The number of carbonyl (C=O) groups is 1. The maximum Gasteiger partial charge on any atom is 0.304 e. The maximum absolute atomic E-state index is 11.2. The summed E-state index contributed by atoms with van der Waals surface area (Å²) in [6.07, 6.45) is 5.14. The fourth-order valence-electron chi connectivity index (χ4n) is 3.08. The van der Waals surface area contributed by atoms with Crippen LogP contribution in [0.15, 0.2) is 38.0 Å². The molecule has 2 aromatic heterocycles. The van der Waals surface area contributed by atoms with Crippen LogP contribution < -0.4 is 0 Å². The molecule has 1 aromatic carbocycles. The zero-order chi connectivity index (χ0) is 13.9. The van der Waals surface area contributed by atoms with Crippen LogP contribution in [0.1, 0.15) is 24.8 Å². The van der Waals surface area contributed by atoms with E-state index < -0.39 is 5.97 Å². The van der Waals surface area contributed by atoms with Gasteiger partial charge in [0, 0.05) is 21.8 Å². The van der Waals surface area contributed by atoms with Gasteiger partial charge in [-0.25, -0.2) is 0 Å². The standard InChI is InChI=1S/C15H11BrO4/c16-12-9-2-6-19-13(9)11(8-1-5-20-14(8)12)15(3-4-15)7-10(17)18/h1-2,5-6H,3-4,7H2,(H,17,18). The molecule has 0 amide bonds. The summed E-state index contributed by atoms with van der Waals surface area (Å²) >= 11 is 3.54. The molecule has 0 radical (unpaired) electrons. The lowest BCUT2D eigenvalue weighted by molar-refractivity contribution is -0.137. The van der Waals surface area contributed by atoms with Crippen molar-refractivity contribution >= 4 is 43.8 Å². The van der Waals surface area contributed by atoms with Crippen LogP contribution in [0.2, 0.25) is 0 Å². The van der Waals surface area contributed by atoms with Gasteiger partial charge in [0.2, 0.25) is 0 Å². The van der Waals surface area contributed by atoms with Crippen molar-refractivity contribution in [3.05, 3.63) is 34.7 Å². The van der Waals surface area contributed by atoms with Crippen molar-refractivity contribution in [3.63, 3.8) is 0 Å². The van der Waals surface area contributed by atoms with Crippen LogP contribution in [0.4, 0.5) is 0 Å². The molecule has 0 atom stereocenters. The highest BCUT2D eigenvalue weighted by Crippen LogP contribution is 2.56. The third-order valence-electron chi connectivity index (χ3n) is 4.14. The lowest BCUT2D eigenvalue weighted by Crippen LogP contribution is -2.13. The van der Waals surface area contributed by atoms with Crippen molar-refractivity contribution in [1.29, 1.82) is 0 Å². The topological polar surface area (TPSA) is 63.6 Å². The summed E-state index contributed by atoms with van der Waals surface area (Å²) in [5.41, 5.74) is 2.19. The third-order valence-corrected chi connectivity index (χ3v) is 4.92. The molecule has 5 heteroatoms. The highest BCUT2D eigenvalue weighted by molar-refractivity contribution is 9.10. The van der Waals surface area contributed by atoms with Gasteiger partial charge in [-0.15, -0.1) is 0 Å². The minimum atomic E-state index is -0.776. The average molecular weight is 335 g/mol. The Kier molecular flexibility index (Phi) is 2.33. The summed E-state index contributed by atoms with van der Waals surface area (Å²) in [4.78, 5) is 11.2. The average Bonchev–Trinajstić information content (AvgIpc) is 2.85. The molecule has 4 nitrogen and oxygen atoms in total. The number of rotatable bonds is 3. The zero-order valence-corrected chi connectivity index (χ0v) is 12.1. The molecule has 1 fully saturated rings. The fraction of sp³-hybridized carbons (Fsp3) is 0.267. The smallest absolute Gasteiger partial charge is 0.304 e. The lowest BCUT2D eigenvalue weighted by atomic mass is 9.88. The van der Waals surface area contributed by atoms with Crippen LogP contribution in [0.25, 0.3) is 21.9 Å². The van der Waals surface area contributed by atoms with Gasteiger partial charge in [-0.3, -0.25) is 4.79 Å². The minimum absolute atomic E-state index is 0.130. The first-order valence-corrected chi connectivity index (χ1v) is 7.20. The Balaban J connectivity index is 2.10. The normalized spacial score (nSPS) is 16.9. The van der Waals surface area contributed by atoms with E-state index in [1.165, 1.54) is 0 Å². The number of hydrogen-bond acceptors (Lipinski definition) is 3. The van der Waals surface area contributed by atoms with E-state index in [4.69, 9.17) is 8.83 Å². The van der Waals surface area contributed by atoms with Crippen LogP contribution in [0.5, 0.6) is 0 Å². The highest BCUT2D eigenvalue weighted by atomic mass is 79.9. The number of aliphatic carboxylic acids is 1. The Morgan fingerprint density at radius 2 is 1.85 bits per heavy atom. The molecule has 0 saturated heterocycles. The summed E-state index contributed by atoms with van der Waals surface area (Å²) in [6, 6.07) is 3.76. The Labute approximate surface area is 122 Å². The number of furan rings is 2. The predicted molar refractivity (Wildman–Crippen MR) is 76.9 cm³/mol. The highest BCUT2D eigenvalue weighted by Gasteiger charge is 2.49. The molecule has 1 N–H and O–H groups in total. The van der Waals surface area contributed by atoms with Gasteiger partial charge < -0.3 is 13.9 Å². The summed E-state index contributed by atoms with van der Waals surface area (Å²) < 4.78 is 12.1. The molecule has 4 rings (SSSR count). The Morgan fingerprint density at radius 1 is 1.20 bits per heavy atom. The number of hydrogen-bond donors (Lipinski definition) is 1. The SMILES string of the molecule is O=C(O)CC1(c2c3ccoc3c(Br)c3ccoc23)CC1. The summed E-state index contributed by atoms with van der Waals surface area (Å²) in [5.74, 6) is -0.776. The van der Waals surface area contributed by atoms with Crippen molar-refractivity contribution in [1.82, 2.24) is 0 Å². The molecule has 0 bridgehead atoms. The monoisotopic (exact) mass is 334 g/mol. The molecule has 1 saturated carbocycles. The van der Waals surface area contributed by atoms with E-state index in [-0.39, 0.29) is 11.8 Å². The second-order valence-electron chi connectivity index (χ2n) is 5.37. The van der Waals surface area contributed by atoms with E-state index in [1.54, 1.807) is 12.5 Å². The Morgan fingerprint density at radius 3 is 2.50 bits per heavy atom. The van der Waals surface area contributed by atoms with E-state index in [0.717, 1.165) is 44.8 Å². The van der Waals surface area contributed by atoms with Gasteiger partial charge in [0.15, 0.2) is 0 Å².